The molecule has 0 spiro atoms. The fourth-order valence-electron chi connectivity index (χ4n) is 3.09. The van der Waals surface area contributed by atoms with E-state index in [0.717, 1.165) is 35.5 Å². The first-order valence-corrected chi connectivity index (χ1v) is 9.76. The van der Waals surface area contributed by atoms with E-state index in [1.807, 2.05) is 30.3 Å². The van der Waals surface area contributed by atoms with Crippen molar-refractivity contribution < 1.29 is 18.8 Å². The minimum Gasteiger partial charge on any atom is -0.410 e. The van der Waals surface area contributed by atoms with E-state index in [1.165, 1.54) is 11.9 Å². The van der Waals surface area contributed by atoms with Crippen molar-refractivity contribution >= 4 is 28.4 Å². The first-order chi connectivity index (χ1) is 13.9. The van der Waals surface area contributed by atoms with E-state index in [1.54, 1.807) is 0 Å². The highest BCUT2D eigenvalue weighted by Crippen LogP contribution is 2.50. The third-order valence-electron chi connectivity index (χ3n) is 4.55. The van der Waals surface area contributed by atoms with Crippen molar-refractivity contribution in [2.45, 2.75) is 24.6 Å². The van der Waals surface area contributed by atoms with Crippen LogP contribution in [-0.2, 0) is 9.67 Å². The Hall–Kier alpha value is -2.78. The van der Waals surface area contributed by atoms with Gasteiger partial charge in [0.05, 0.1) is 0 Å². The van der Waals surface area contributed by atoms with Crippen LogP contribution in [0.5, 0.6) is 0 Å². The summed E-state index contributed by atoms with van der Waals surface area (Å²) >= 11 is 1.15. The summed E-state index contributed by atoms with van der Waals surface area (Å²) in [4.78, 5) is 11.9. The van der Waals surface area contributed by atoms with Crippen molar-refractivity contribution in [1.29, 1.82) is 0 Å². The lowest BCUT2D eigenvalue weighted by Gasteiger charge is -2.35. The number of benzene rings is 2. The number of amides is 1. The number of hydrazone groups is 1. The summed E-state index contributed by atoms with van der Waals surface area (Å²) in [7, 11) is 0. The van der Waals surface area contributed by atoms with Crippen LogP contribution in [0.4, 0.5) is 8.78 Å². The number of halogens is 2. The van der Waals surface area contributed by atoms with Crippen molar-refractivity contribution in [2.75, 3.05) is 6.54 Å². The van der Waals surface area contributed by atoms with E-state index >= 15 is 0 Å². The molecule has 1 atom stereocenters. The second kappa shape index (κ2) is 8.71. The number of hydrogen-bond donors (Lipinski definition) is 2. The van der Waals surface area contributed by atoms with Crippen molar-refractivity contribution in [3.8, 4) is 0 Å². The van der Waals surface area contributed by atoms with Crippen LogP contribution in [0.25, 0.3) is 0 Å². The molecule has 1 unspecified atom stereocenters. The van der Waals surface area contributed by atoms with Crippen molar-refractivity contribution in [3.05, 3.63) is 71.3 Å². The minimum absolute atomic E-state index is 0.0445. The predicted octanol–water partition coefficient (Wildman–Crippen LogP) is 3.64. The summed E-state index contributed by atoms with van der Waals surface area (Å²) in [5.41, 5.74) is 6.24. The van der Waals surface area contributed by atoms with Crippen molar-refractivity contribution in [2.24, 2.45) is 16.0 Å². The Morgan fingerprint density at radius 1 is 1.28 bits per heavy atom. The molecule has 0 aromatic heterocycles. The maximum Gasteiger partial charge on any atom is 0.293 e. The van der Waals surface area contributed by atoms with E-state index in [4.69, 9.17) is 10.9 Å². The number of thioether (sulfide) groups is 1. The van der Waals surface area contributed by atoms with Gasteiger partial charge in [-0.1, -0.05) is 47.2 Å². The summed E-state index contributed by atoms with van der Waals surface area (Å²) in [6, 6.07) is 12.2. The standard InChI is InChI=1S/C20H20F2N4O2S/c1-13(25-28)19(27)26-20(10-5-11-23,14-6-3-2-4-7-14)29-18(24-26)16-12-15(21)8-9-17(16)22/h2-4,6-9,12,28H,5,10-11,23H2,1H3/b25-13-. The van der Waals surface area contributed by atoms with Crippen LogP contribution in [0.3, 0.4) is 0 Å². The zero-order valence-electron chi connectivity index (χ0n) is 15.7. The van der Waals surface area contributed by atoms with Gasteiger partial charge in [0.1, 0.15) is 27.3 Å². The molecular formula is C20H20F2N4O2S. The largest absolute Gasteiger partial charge is 0.410 e. The molecule has 3 rings (SSSR count). The van der Waals surface area contributed by atoms with Crippen LogP contribution in [0.15, 0.2) is 58.8 Å². The molecule has 2 aromatic carbocycles. The zero-order valence-corrected chi connectivity index (χ0v) is 16.5. The molecule has 1 heterocycles. The molecule has 6 nitrogen and oxygen atoms in total. The molecular weight excluding hydrogens is 398 g/mol. The molecule has 152 valence electrons. The minimum atomic E-state index is -1.04. The molecule has 0 fully saturated rings. The lowest BCUT2D eigenvalue weighted by atomic mass is 10.00. The SMILES string of the molecule is C/C(=N/O)C(=O)N1N=C(c2cc(F)ccc2F)SC1(CCCN)c1ccccc1. The second-order valence-corrected chi connectivity index (χ2v) is 7.74. The third kappa shape index (κ3) is 4.01. The van der Waals surface area contributed by atoms with Gasteiger partial charge in [-0.3, -0.25) is 4.79 Å². The van der Waals surface area contributed by atoms with Crippen LogP contribution in [0.1, 0.15) is 30.9 Å². The number of nitrogens with zero attached hydrogens (tertiary/aromatic N) is 3. The van der Waals surface area contributed by atoms with E-state index in [-0.39, 0.29) is 16.3 Å². The number of oxime groups is 1. The average Bonchev–Trinajstić information content (AvgIpc) is 3.14. The summed E-state index contributed by atoms with van der Waals surface area (Å²) in [6.45, 7) is 1.72. The Kier molecular flexibility index (Phi) is 6.29. The predicted molar refractivity (Wildman–Crippen MR) is 109 cm³/mol. The normalized spacial score (nSPS) is 19.4. The van der Waals surface area contributed by atoms with E-state index in [9.17, 15) is 13.6 Å². The highest BCUT2D eigenvalue weighted by atomic mass is 32.2. The molecule has 9 heteroatoms. The van der Waals surface area contributed by atoms with Crippen LogP contribution in [-0.4, -0.2) is 33.4 Å². The number of hydrogen-bond acceptors (Lipinski definition) is 6. The van der Waals surface area contributed by atoms with Gasteiger partial charge in [0, 0.05) is 5.56 Å². The molecule has 0 saturated carbocycles. The Balaban J connectivity index is 2.18. The molecule has 2 aromatic rings. The molecule has 29 heavy (non-hydrogen) atoms. The summed E-state index contributed by atoms with van der Waals surface area (Å²) in [5.74, 6) is -1.91. The van der Waals surface area contributed by atoms with Gasteiger partial charge in [-0.25, -0.2) is 13.8 Å². The fourth-order valence-corrected chi connectivity index (χ4v) is 4.51. The zero-order chi connectivity index (χ0) is 21.0. The van der Waals surface area contributed by atoms with E-state index in [2.05, 4.69) is 10.3 Å². The van der Waals surface area contributed by atoms with Gasteiger partial charge in [-0.2, -0.15) is 5.10 Å². The first-order valence-electron chi connectivity index (χ1n) is 8.95. The lowest BCUT2D eigenvalue weighted by Crippen LogP contribution is -2.44. The molecule has 0 radical (unpaired) electrons. The maximum absolute atomic E-state index is 14.4. The molecule has 0 aliphatic carbocycles. The monoisotopic (exact) mass is 418 g/mol. The molecule has 3 N–H and O–H groups in total. The Labute approximate surface area is 171 Å². The average molecular weight is 418 g/mol. The van der Waals surface area contributed by atoms with Crippen LogP contribution >= 0.6 is 11.8 Å². The van der Waals surface area contributed by atoms with E-state index in [0.29, 0.717) is 19.4 Å². The van der Waals surface area contributed by atoms with Gasteiger partial charge < -0.3 is 10.9 Å². The van der Waals surface area contributed by atoms with Gasteiger partial charge >= 0.3 is 0 Å². The summed E-state index contributed by atoms with van der Waals surface area (Å²) in [6.07, 6.45) is 0.960. The Morgan fingerprint density at radius 3 is 2.66 bits per heavy atom. The summed E-state index contributed by atoms with van der Waals surface area (Å²) in [5, 5.41) is 17.8. The highest BCUT2D eigenvalue weighted by molar-refractivity contribution is 8.15. The quantitative estimate of drug-likeness (QED) is 0.426. The van der Waals surface area contributed by atoms with Gasteiger partial charge in [0.15, 0.2) is 0 Å². The highest BCUT2D eigenvalue weighted by Gasteiger charge is 2.49. The third-order valence-corrected chi connectivity index (χ3v) is 6.00. The van der Waals surface area contributed by atoms with Crippen molar-refractivity contribution in [1.82, 2.24) is 5.01 Å². The number of carbonyl (C=O) groups is 1. The second-order valence-electron chi connectivity index (χ2n) is 6.48. The van der Waals surface area contributed by atoms with E-state index < -0.39 is 22.4 Å². The topological polar surface area (TPSA) is 91.3 Å². The fraction of sp³-hybridized carbons (Fsp3) is 0.250. The Morgan fingerprint density at radius 2 is 2.00 bits per heavy atom. The Bertz CT molecular complexity index is 968. The molecule has 1 amide bonds. The lowest BCUT2D eigenvalue weighted by molar-refractivity contribution is -0.127. The molecule has 0 saturated heterocycles. The first kappa shape index (κ1) is 20.9. The van der Waals surface area contributed by atoms with Gasteiger partial charge in [0.2, 0.25) is 0 Å². The van der Waals surface area contributed by atoms with Crippen LogP contribution in [0.2, 0.25) is 0 Å². The molecule has 1 aliphatic heterocycles. The van der Waals surface area contributed by atoms with Crippen molar-refractivity contribution in [3.63, 3.8) is 0 Å². The van der Waals surface area contributed by atoms with Gasteiger partial charge in [-0.15, -0.1) is 0 Å². The summed E-state index contributed by atoms with van der Waals surface area (Å²) < 4.78 is 28.2. The van der Waals surface area contributed by atoms with Gasteiger partial charge in [-0.05, 0) is 50.1 Å². The molecule has 0 bridgehead atoms. The van der Waals surface area contributed by atoms with Gasteiger partial charge in [0.25, 0.3) is 5.91 Å². The molecule has 1 aliphatic rings. The number of rotatable bonds is 6. The number of nitrogens with two attached hydrogens (primary N) is 1. The number of carbonyl (C=O) groups excluding carboxylic acids is 1. The van der Waals surface area contributed by atoms with Crippen LogP contribution in [0, 0.1) is 11.6 Å². The van der Waals surface area contributed by atoms with Crippen LogP contribution < -0.4 is 5.73 Å². The maximum atomic E-state index is 14.4. The smallest absolute Gasteiger partial charge is 0.293 e.